The van der Waals surface area contributed by atoms with Gasteiger partial charge < -0.3 is 10.2 Å². The second-order valence-electron chi connectivity index (χ2n) is 9.55. The summed E-state index contributed by atoms with van der Waals surface area (Å²) >= 11 is 0. The lowest BCUT2D eigenvalue weighted by atomic mass is 9.87. The van der Waals surface area contributed by atoms with Crippen molar-refractivity contribution in [3.63, 3.8) is 0 Å². The fourth-order valence-electron chi connectivity index (χ4n) is 3.78. The summed E-state index contributed by atoms with van der Waals surface area (Å²) in [6, 6.07) is 13.9. The zero-order chi connectivity index (χ0) is 24.2. The summed E-state index contributed by atoms with van der Waals surface area (Å²) in [7, 11) is -3.63. The fourth-order valence-corrected chi connectivity index (χ4v) is 4.79. The van der Waals surface area contributed by atoms with Crippen molar-refractivity contribution in [2.75, 3.05) is 13.1 Å². The van der Waals surface area contributed by atoms with Gasteiger partial charge in [-0.05, 0) is 53.6 Å². The third-order valence-electron chi connectivity index (χ3n) is 5.99. The average molecular weight is 472 g/mol. The highest BCUT2D eigenvalue weighted by Crippen LogP contribution is 2.23. The van der Waals surface area contributed by atoms with E-state index in [0.29, 0.717) is 18.7 Å². The number of carbonyl (C=O) groups is 2. The molecule has 2 N–H and O–H groups in total. The molecule has 0 unspecified atom stereocenters. The zero-order valence-corrected chi connectivity index (χ0v) is 20.5. The molecule has 0 bridgehead atoms. The molecular formula is C25H33N3O4S. The molecule has 2 amide bonds. The molecule has 178 valence electrons. The molecule has 1 aliphatic heterocycles. The van der Waals surface area contributed by atoms with Crippen molar-refractivity contribution in [2.45, 2.75) is 63.4 Å². The first-order chi connectivity index (χ1) is 15.5. The van der Waals surface area contributed by atoms with Gasteiger partial charge in [-0.1, -0.05) is 45.0 Å². The van der Waals surface area contributed by atoms with Gasteiger partial charge >= 0.3 is 0 Å². The van der Waals surface area contributed by atoms with Gasteiger partial charge in [-0.25, -0.2) is 13.1 Å². The fraction of sp³-hybridized carbons (Fsp3) is 0.440. The minimum Gasteiger partial charge on any atom is -0.349 e. The molecule has 33 heavy (non-hydrogen) atoms. The predicted molar refractivity (Wildman–Crippen MR) is 128 cm³/mol. The summed E-state index contributed by atoms with van der Waals surface area (Å²) < 4.78 is 27.9. The standard InChI is InChI=1S/C25H33N3O4S/c1-18(29)28-15-13-22(14-16-28)27-24(30)20-7-5-19(6-8-20)17-26-33(31,32)23-11-9-21(10-12-23)25(2,3)4/h5-12,22,26H,13-17H2,1-4H3,(H,27,30). The lowest BCUT2D eigenvalue weighted by Crippen LogP contribution is -2.46. The van der Waals surface area contributed by atoms with Crippen LogP contribution in [0.25, 0.3) is 0 Å². The van der Waals surface area contributed by atoms with E-state index in [-0.39, 0.29) is 34.7 Å². The minimum absolute atomic E-state index is 0.0456. The summed E-state index contributed by atoms with van der Waals surface area (Å²) in [4.78, 5) is 26.0. The third-order valence-corrected chi connectivity index (χ3v) is 7.41. The van der Waals surface area contributed by atoms with Crippen LogP contribution in [0.3, 0.4) is 0 Å². The number of carbonyl (C=O) groups excluding carboxylic acids is 2. The Morgan fingerprint density at radius 1 is 0.970 bits per heavy atom. The van der Waals surface area contributed by atoms with E-state index in [9.17, 15) is 18.0 Å². The van der Waals surface area contributed by atoms with Gasteiger partial charge in [0.25, 0.3) is 5.91 Å². The molecule has 1 heterocycles. The number of nitrogens with zero attached hydrogens (tertiary/aromatic N) is 1. The van der Waals surface area contributed by atoms with Crippen LogP contribution in [-0.4, -0.2) is 44.3 Å². The molecule has 2 aromatic rings. The molecule has 8 heteroatoms. The minimum atomic E-state index is -3.63. The number of sulfonamides is 1. The van der Waals surface area contributed by atoms with Crippen LogP contribution in [0.2, 0.25) is 0 Å². The smallest absolute Gasteiger partial charge is 0.251 e. The van der Waals surface area contributed by atoms with Crippen LogP contribution in [0, 0.1) is 0 Å². The van der Waals surface area contributed by atoms with E-state index in [1.807, 2.05) is 12.1 Å². The highest BCUT2D eigenvalue weighted by molar-refractivity contribution is 7.89. The summed E-state index contributed by atoms with van der Waals surface area (Å²) in [5, 5.41) is 3.02. The summed E-state index contributed by atoms with van der Waals surface area (Å²) in [6.45, 7) is 9.23. The topological polar surface area (TPSA) is 95.6 Å². The van der Waals surface area contributed by atoms with Crippen LogP contribution in [-0.2, 0) is 26.8 Å². The number of amides is 2. The quantitative estimate of drug-likeness (QED) is 0.676. The van der Waals surface area contributed by atoms with Gasteiger partial charge in [-0.3, -0.25) is 9.59 Å². The summed E-state index contributed by atoms with van der Waals surface area (Å²) in [5.74, 6) is -0.102. The highest BCUT2D eigenvalue weighted by Gasteiger charge is 2.22. The normalized spacial score (nSPS) is 15.3. The Morgan fingerprint density at radius 2 is 1.55 bits per heavy atom. The number of hydrogen-bond donors (Lipinski definition) is 2. The second-order valence-corrected chi connectivity index (χ2v) is 11.3. The predicted octanol–water partition coefficient (Wildman–Crippen LogP) is 3.20. The molecule has 0 aromatic heterocycles. The first-order valence-corrected chi connectivity index (χ1v) is 12.7. The van der Waals surface area contributed by atoms with Crippen LogP contribution in [0.15, 0.2) is 53.4 Å². The van der Waals surface area contributed by atoms with Crippen molar-refractivity contribution in [1.82, 2.24) is 14.9 Å². The molecule has 3 rings (SSSR count). The largest absolute Gasteiger partial charge is 0.349 e. The number of rotatable bonds is 6. The van der Waals surface area contributed by atoms with Gasteiger partial charge in [0.15, 0.2) is 0 Å². The molecule has 0 saturated carbocycles. The Bertz CT molecular complexity index is 1080. The molecular weight excluding hydrogens is 438 g/mol. The number of likely N-dealkylation sites (tertiary alicyclic amines) is 1. The maximum Gasteiger partial charge on any atom is 0.251 e. The number of hydrogen-bond acceptors (Lipinski definition) is 4. The second kappa shape index (κ2) is 10.1. The lowest BCUT2D eigenvalue weighted by molar-refractivity contribution is -0.129. The first-order valence-electron chi connectivity index (χ1n) is 11.2. The molecule has 0 aliphatic carbocycles. The number of piperidine rings is 1. The molecule has 0 spiro atoms. The van der Waals surface area contributed by atoms with Gasteiger partial charge in [-0.2, -0.15) is 0 Å². The van der Waals surface area contributed by atoms with Crippen LogP contribution >= 0.6 is 0 Å². The van der Waals surface area contributed by atoms with Crippen LogP contribution in [0.1, 0.15) is 62.0 Å². The monoisotopic (exact) mass is 471 g/mol. The molecule has 1 aliphatic rings. The van der Waals surface area contributed by atoms with Crippen LogP contribution in [0.5, 0.6) is 0 Å². The number of benzene rings is 2. The van der Waals surface area contributed by atoms with E-state index >= 15 is 0 Å². The molecule has 7 nitrogen and oxygen atoms in total. The first kappa shape index (κ1) is 24.9. The van der Waals surface area contributed by atoms with E-state index in [1.165, 1.54) is 0 Å². The summed E-state index contributed by atoms with van der Waals surface area (Å²) in [5.41, 5.74) is 2.31. The van der Waals surface area contributed by atoms with E-state index in [1.54, 1.807) is 48.2 Å². The third kappa shape index (κ3) is 6.65. The van der Waals surface area contributed by atoms with Gasteiger partial charge in [-0.15, -0.1) is 0 Å². The van der Waals surface area contributed by atoms with Crippen molar-refractivity contribution in [3.05, 3.63) is 65.2 Å². The van der Waals surface area contributed by atoms with Crippen molar-refractivity contribution in [1.29, 1.82) is 0 Å². The van der Waals surface area contributed by atoms with Crippen LogP contribution in [0.4, 0.5) is 0 Å². The average Bonchev–Trinajstić information content (AvgIpc) is 2.78. The Hall–Kier alpha value is -2.71. The lowest BCUT2D eigenvalue weighted by Gasteiger charge is -2.31. The van der Waals surface area contributed by atoms with E-state index in [2.05, 4.69) is 30.8 Å². The molecule has 0 atom stereocenters. The van der Waals surface area contributed by atoms with Gasteiger partial charge in [0.2, 0.25) is 15.9 Å². The maximum atomic E-state index is 12.6. The van der Waals surface area contributed by atoms with E-state index in [0.717, 1.165) is 24.0 Å². The number of nitrogens with one attached hydrogen (secondary N) is 2. The van der Waals surface area contributed by atoms with Crippen LogP contribution < -0.4 is 10.0 Å². The van der Waals surface area contributed by atoms with Crippen molar-refractivity contribution in [3.8, 4) is 0 Å². The Kier molecular flexibility index (Phi) is 7.59. The Morgan fingerprint density at radius 3 is 2.06 bits per heavy atom. The van der Waals surface area contributed by atoms with E-state index < -0.39 is 10.0 Å². The zero-order valence-electron chi connectivity index (χ0n) is 19.7. The SMILES string of the molecule is CC(=O)N1CCC(NC(=O)c2ccc(CNS(=O)(=O)c3ccc(C(C)(C)C)cc3)cc2)CC1. The van der Waals surface area contributed by atoms with Crippen molar-refractivity contribution < 1.29 is 18.0 Å². The van der Waals surface area contributed by atoms with E-state index in [4.69, 9.17) is 0 Å². The molecule has 0 radical (unpaired) electrons. The van der Waals surface area contributed by atoms with Crippen molar-refractivity contribution >= 4 is 21.8 Å². The Balaban J connectivity index is 1.54. The Labute approximate surface area is 196 Å². The van der Waals surface area contributed by atoms with Crippen molar-refractivity contribution in [2.24, 2.45) is 0 Å². The molecule has 1 saturated heterocycles. The summed E-state index contributed by atoms with van der Waals surface area (Å²) in [6.07, 6.45) is 1.48. The molecule has 1 fully saturated rings. The van der Waals surface area contributed by atoms with Gasteiger partial charge in [0.1, 0.15) is 0 Å². The molecule has 2 aromatic carbocycles. The van der Waals surface area contributed by atoms with Gasteiger partial charge in [0, 0.05) is 38.2 Å². The van der Waals surface area contributed by atoms with Gasteiger partial charge in [0.05, 0.1) is 4.90 Å². The maximum absolute atomic E-state index is 12.6. The highest BCUT2D eigenvalue weighted by atomic mass is 32.2.